The van der Waals surface area contributed by atoms with Crippen molar-refractivity contribution >= 4 is 22.8 Å². The lowest BCUT2D eigenvalue weighted by Crippen LogP contribution is -2.50. The van der Waals surface area contributed by atoms with Crippen LogP contribution in [0.3, 0.4) is 0 Å². The number of hydrogen-bond acceptors (Lipinski definition) is 11. The van der Waals surface area contributed by atoms with Crippen LogP contribution in [0.25, 0.3) is 22.0 Å². The van der Waals surface area contributed by atoms with E-state index in [1.54, 1.807) is 17.9 Å². The van der Waals surface area contributed by atoms with Crippen molar-refractivity contribution in [2.45, 2.75) is 82.8 Å². The Balaban J connectivity index is 1.34. The molecular formula is C34H41FN4O8. The molecule has 4 aliphatic rings. The van der Waals surface area contributed by atoms with Crippen LogP contribution in [0.1, 0.15) is 63.0 Å². The topological polar surface area (TPSA) is 136 Å². The van der Waals surface area contributed by atoms with Crippen LogP contribution in [0.5, 0.6) is 17.5 Å². The molecule has 2 bridgehead atoms. The quantitative estimate of drug-likeness (QED) is 0.303. The van der Waals surface area contributed by atoms with Gasteiger partial charge in [-0.15, -0.1) is 0 Å². The van der Waals surface area contributed by atoms with Gasteiger partial charge in [-0.25, -0.2) is 9.18 Å². The molecule has 7 rings (SSSR count). The van der Waals surface area contributed by atoms with Crippen LogP contribution in [0, 0.1) is 12.7 Å². The molecule has 3 aromatic rings. The lowest BCUT2D eigenvalue weighted by atomic mass is 9.90. The number of fused-ring (bicyclic) bond motifs is 3. The number of carbonyl (C=O) groups is 1. The zero-order valence-electron chi connectivity index (χ0n) is 27.1. The van der Waals surface area contributed by atoms with Gasteiger partial charge in [0.1, 0.15) is 34.8 Å². The van der Waals surface area contributed by atoms with Crippen LogP contribution in [0.15, 0.2) is 18.2 Å². The summed E-state index contributed by atoms with van der Waals surface area (Å²) in [5.41, 5.74) is 2.62. The van der Waals surface area contributed by atoms with Crippen molar-refractivity contribution in [3.05, 3.63) is 35.1 Å². The average molecular weight is 653 g/mol. The SMILES string of the molecule is COCOc1cc(F)c(C)c(-c2c(C3CC3)cc3c(N4CC5C[C@H]4CN5C(=O)OC(C)(C)O)nc(OC4CCOCC4)nc3c2O)c1. The molecule has 13 heteroatoms. The number of benzene rings is 2. The highest BCUT2D eigenvalue weighted by Gasteiger charge is 2.48. The molecule has 2 aromatic carbocycles. The van der Waals surface area contributed by atoms with Gasteiger partial charge in [0.25, 0.3) is 0 Å². The second-order valence-corrected chi connectivity index (χ2v) is 13.4. The lowest BCUT2D eigenvalue weighted by molar-refractivity contribution is -0.140. The Kier molecular flexibility index (Phi) is 8.25. The smallest absolute Gasteiger partial charge is 0.412 e. The number of anilines is 1. The molecule has 3 aliphatic heterocycles. The van der Waals surface area contributed by atoms with Gasteiger partial charge in [-0.2, -0.15) is 9.97 Å². The van der Waals surface area contributed by atoms with Gasteiger partial charge in [0.15, 0.2) is 6.79 Å². The van der Waals surface area contributed by atoms with Gasteiger partial charge in [0.2, 0.25) is 5.79 Å². The summed E-state index contributed by atoms with van der Waals surface area (Å²) in [5, 5.41) is 22.8. The largest absolute Gasteiger partial charge is 0.505 e. The highest BCUT2D eigenvalue weighted by Crippen LogP contribution is 2.52. The fourth-order valence-corrected chi connectivity index (χ4v) is 6.99. The number of nitrogens with zero attached hydrogens (tertiary/aromatic N) is 4. The fraction of sp³-hybridized carbons (Fsp3) is 0.559. The number of phenolic OH excluding ortho intramolecular Hbond substituents is 1. The molecule has 12 nitrogen and oxygen atoms in total. The predicted octanol–water partition coefficient (Wildman–Crippen LogP) is 5.00. The van der Waals surface area contributed by atoms with E-state index in [0.717, 1.165) is 18.4 Å². The van der Waals surface area contributed by atoms with Crippen LogP contribution in [-0.2, 0) is 14.2 Å². The number of hydrogen-bond donors (Lipinski definition) is 2. The van der Waals surface area contributed by atoms with Crippen molar-refractivity contribution in [3.8, 4) is 28.6 Å². The Bertz CT molecular complexity index is 1690. The van der Waals surface area contributed by atoms with E-state index in [1.807, 2.05) is 6.07 Å². The minimum atomic E-state index is -1.58. The van der Waals surface area contributed by atoms with Crippen molar-refractivity contribution in [3.63, 3.8) is 0 Å². The van der Waals surface area contributed by atoms with E-state index in [9.17, 15) is 15.0 Å². The third-order valence-corrected chi connectivity index (χ3v) is 9.43. The van der Waals surface area contributed by atoms with Gasteiger partial charge in [0.05, 0.1) is 25.3 Å². The van der Waals surface area contributed by atoms with E-state index >= 15 is 4.39 Å². The zero-order valence-corrected chi connectivity index (χ0v) is 27.1. The van der Waals surface area contributed by atoms with E-state index in [2.05, 4.69) is 4.90 Å². The molecule has 1 saturated carbocycles. The number of likely N-dealkylation sites (tertiary alicyclic amines) is 1. The standard InChI is InChI=1S/C34H41FN4O8/c1-18-24(12-23(13-27(18)35)45-17-43-4)28-25(19-5-6-19)14-26-29(30(28)40)36-32(46-22-7-9-44-10-8-22)37-31(26)38-15-21-11-20(38)16-39(21)33(41)47-34(2,3)42/h12-14,19-22,40,42H,5-11,15-17H2,1-4H3/t20-,21?/m0/s1. The summed E-state index contributed by atoms with van der Waals surface area (Å²) in [6.45, 7) is 6.52. The highest BCUT2D eigenvalue weighted by molar-refractivity contribution is 6.01. The first-order valence-corrected chi connectivity index (χ1v) is 16.2. The number of amides is 1. The van der Waals surface area contributed by atoms with Crippen molar-refractivity contribution in [2.24, 2.45) is 0 Å². The maximum Gasteiger partial charge on any atom is 0.412 e. The third kappa shape index (κ3) is 6.23. The zero-order chi connectivity index (χ0) is 33.0. The molecule has 4 fully saturated rings. The van der Waals surface area contributed by atoms with Crippen LogP contribution in [-0.4, -0.2) is 95.4 Å². The summed E-state index contributed by atoms with van der Waals surface area (Å²) in [6, 6.07) is 5.00. The number of aromatic hydroxyl groups is 1. The maximum absolute atomic E-state index is 15.3. The van der Waals surface area contributed by atoms with Crippen molar-refractivity contribution in [1.29, 1.82) is 0 Å². The Hall–Kier alpha value is -3.94. The minimum absolute atomic E-state index is 0.0461. The number of ether oxygens (including phenoxy) is 5. The first kappa shape index (κ1) is 31.6. The second kappa shape index (κ2) is 12.3. The first-order valence-electron chi connectivity index (χ1n) is 16.2. The van der Waals surface area contributed by atoms with Crippen LogP contribution in [0.2, 0.25) is 0 Å². The normalized spacial score (nSPS) is 21.5. The predicted molar refractivity (Wildman–Crippen MR) is 169 cm³/mol. The molecule has 3 saturated heterocycles. The molecule has 1 amide bonds. The van der Waals surface area contributed by atoms with Gasteiger partial charge in [-0.05, 0) is 60.9 Å². The lowest BCUT2D eigenvalue weighted by Gasteiger charge is -2.36. The molecule has 1 aliphatic carbocycles. The number of carbonyl (C=O) groups excluding carboxylic acids is 1. The molecule has 47 heavy (non-hydrogen) atoms. The van der Waals surface area contributed by atoms with Gasteiger partial charge < -0.3 is 43.7 Å². The minimum Gasteiger partial charge on any atom is -0.505 e. The average Bonchev–Trinajstić information content (AvgIpc) is 3.68. The summed E-state index contributed by atoms with van der Waals surface area (Å²) in [6.07, 6.45) is 3.25. The van der Waals surface area contributed by atoms with Gasteiger partial charge in [0, 0.05) is 63.9 Å². The van der Waals surface area contributed by atoms with E-state index in [1.165, 1.54) is 27.0 Å². The molecule has 2 N–H and O–H groups in total. The number of rotatable bonds is 9. The maximum atomic E-state index is 15.3. The van der Waals surface area contributed by atoms with E-state index in [4.69, 9.17) is 33.7 Å². The number of aliphatic hydroxyl groups is 1. The van der Waals surface area contributed by atoms with E-state index in [0.29, 0.717) is 84.7 Å². The Morgan fingerprint density at radius 3 is 2.53 bits per heavy atom. The number of phenols is 1. The Morgan fingerprint density at radius 2 is 1.87 bits per heavy atom. The second-order valence-electron chi connectivity index (χ2n) is 13.4. The van der Waals surface area contributed by atoms with Crippen LogP contribution < -0.4 is 14.4 Å². The summed E-state index contributed by atoms with van der Waals surface area (Å²) in [5.74, 6) is -1.02. The first-order chi connectivity index (χ1) is 22.5. The molecule has 2 atom stereocenters. The van der Waals surface area contributed by atoms with Gasteiger partial charge in [-0.3, -0.25) is 0 Å². The molecular weight excluding hydrogens is 611 g/mol. The molecule has 4 heterocycles. The fourth-order valence-electron chi connectivity index (χ4n) is 6.99. The summed E-state index contributed by atoms with van der Waals surface area (Å²) >= 11 is 0. The van der Waals surface area contributed by atoms with E-state index < -0.39 is 17.7 Å². The number of aromatic nitrogens is 2. The Labute approximate surface area is 272 Å². The summed E-state index contributed by atoms with van der Waals surface area (Å²) in [7, 11) is 1.49. The monoisotopic (exact) mass is 652 g/mol. The van der Waals surface area contributed by atoms with Crippen molar-refractivity contribution in [1.82, 2.24) is 14.9 Å². The molecule has 1 unspecified atom stereocenters. The van der Waals surface area contributed by atoms with Gasteiger partial charge >= 0.3 is 12.1 Å². The highest BCUT2D eigenvalue weighted by atomic mass is 19.1. The van der Waals surface area contributed by atoms with Crippen LogP contribution >= 0.6 is 0 Å². The number of piperazine rings is 1. The molecule has 252 valence electrons. The summed E-state index contributed by atoms with van der Waals surface area (Å²) in [4.78, 5) is 26.4. The van der Waals surface area contributed by atoms with Gasteiger partial charge in [-0.1, -0.05) is 0 Å². The van der Waals surface area contributed by atoms with E-state index in [-0.39, 0.29) is 42.7 Å². The molecule has 0 radical (unpaired) electrons. The van der Waals surface area contributed by atoms with Crippen LogP contribution in [0.4, 0.5) is 15.0 Å². The summed E-state index contributed by atoms with van der Waals surface area (Å²) < 4.78 is 43.0. The number of halogens is 1. The van der Waals surface area contributed by atoms with Crippen molar-refractivity contribution in [2.75, 3.05) is 45.1 Å². The number of methoxy groups -OCH3 is 1. The molecule has 1 aromatic heterocycles. The Morgan fingerprint density at radius 1 is 1.11 bits per heavy atom. The van der Waals surface area contributed by atoms with Crippen molar-refractivity contribution < 1.29 is 43.1 Å². The molecule has 0 spiro atoms. The third-order valence-electron chi connectivity index (χ3n) is 9.43.